The molecule has 1 saturated heterocycles. The maximum absolute atomic E-state index is 11.5. The lowest BCUT2D eigenvalue weighted by Crippen LogP contribution is -2.38. The quantitative estimate of drug-likeness (QED) is 0.860. The number of rotatable bonds is 3. The zero-order valence-corrected chi connectivity index (χ0v) is 11.5. The summed E-state index contributed by atoms with van der Waals surface area (Å²) in [4.78, 5) is 28.2. The van der Waals surface area contributed by atoms with E-state index in [4.69, 9.17) is 9.84 Å². The van der Waals surface area contributed by atoms with Crippen LogP contribution in [0.4, 0.5) is 4.79 Å². The van der Waals surface area contributed by atoms with Crippen LogP contribution in [0.15, 0.2) is 5.38 Å². The average molecular weight is 284 g/mol. The predicted octanol–water partition coefficient (Wildman–Crippen LogP) is 2.18. The van der Waals surface area contributed by atoms with Gasteiger partial charge in [-0.05, 0) is 19.8 Å². The maximum Gasteiger partial charge on any atom is 0.407 e. The minimum atomic E-state index is -0.896. The molecule has 1 aliphatic heterocycles. The van der Waals surface area contributed by atoms with Crippen molar-refractivity contribution in [3.05, 3.63) is 16.1 Å². The molecule has 2 heterocycles. The first-order chi connectivity index (χ1) is 9.11. The van der Waals surface area contributed by atoms with Gasteiger partial charge in [0.25, 0.3) is 0 Å². The van der Waals surface area contributed by atoms with Gasteiger partial charge in [-0.1, -0.05) is 0 Å². The number of hydrogen-bond donors (Lipinski definition) is 1. The lowest BCUT2D eigenvalue weighted by atomic mass is 9.99. The molecular weight excluding hydrogens is 268 g/mol. The average Bonchev–Trinajstić information content (AvgIpc) is 2.89. The van der Waals surface area contributed by atoms with E-state index in [-0.39, 0.29) is 5.92 Å². The van der Waals surface area contributed by atoms with E-state index < -0.39 is 12.1 Å². The highest BCUT2D eigenvalue weighted by atomic mass is 32.1. The molecule has 7 heteroatoms. The van der Waals surface area contributed by atoms with Crippen LogP contribution in [0.5, 0.6) is 0 Å². The minimum absolute atomic E-state index is 0.0815. The number of carboxylic acid groups (broad SMARTS) is 1. The minimum Gasteiger partial charge on any atom is -0.465 e. The van der Waals surface area contributed by atoms with Crippen molar-refractivity contribution in [1.82, 2.24) is 9.88 Å². The maximum atomic E-state index is 11.5. The van der Waals surface area contributed by atoms with Gasteiger partial charge < -0.3 is 14.7 Å². The van der Waals surface area contributed by atoms with Gasteiger partial charge in [-0.2, -0.15) is 0 Å². The van der Waals surface area contributed by atoms with Crippen molar-refractivity contribution in [3.8, 4) is 0 Å². The van der Waals surface area contributed by atoms with E-state index in [1.807, 2.05) is 0 Å². The van der Waals surface area contributed by atoms with Crippen LogP contribution in [0.3, 0.4) is 0 Å². The van der Waals surface area contributed by atoms with Crippen LogP contribution >= 0.6 is 11.3 Å². The van der Waals surface area contributed by atoms with Crippen LogP contribution in [0, 0.1) is 0 Å². The Labute approximate surface area is 115 Å². The van der Waals surface area contributed by atoms with Gasteiger partial charge in [0.2, 0.25) is 0 Å². The number of piperidine rings is 1. The first-order valence-electron chi connectivity index (χ1n) is 6.22. The standard InChI is InChI=1S/C12H16N2O4S/c1-2-18-11(15)9-7-19-10(13-9)8-4-3-5-14(6-8)12(16)17/h7-8H,2-6H2,1H3,(H,16,17). The fourth-order valence-electron chi connectivity index (χ4n) is 2.13. The molecule has 0 radical (unpaired) electrons. The Morgan fingerprint density at radius 2 is 2.42 bits per heavy atom. The molecule has 104 valence electrons. The van der Waals surface area contributed by atoms with Crippen LogP contribution in [0.25, 0.3) is 0 Å². The van der Waals surface area contributed by atoms with Gasteiger partial charge in [0.1, 0.15) is 0 Å². The second-order valence-electron chi connectivity index (χ2n) is 4.36. The summed E-state index contributed by atoms with van der Waals surface area (Å²) in [5.41, 5.74) is 0.314. The van der Waals surface area contributed by atoms with Crippen molar-refractivity contribution in [1.29, 1.82) is 0 Å². The number of nitrogens with zero attached hydrogens (tertiary/aromatic N) is 2. The van der Waals surface area contributed by atoms with Crippen molar-refractivity contribution in [2.75, 3.05) is 19.7 Å². The van der Waals surface area contributed by atoms with Crippen molar-refractivity contribution in [2.24, 2.45) is 0 Å². The molecule has 6 nitrogen and oxygen atoms in total. The van der Waals surface area contributed by atoms with Crippen LogP contribution < -0.4 is 0 Å². The fraction of sp³-hybridized carbons (Fsp3) is 0.583. The number of esters is 1. The molecule has 0 spiro atoms. The monoisotopic (exact) mass is 284 g/mol. The molecule has 1 aromatic rings. The van der Waals surface area contributed by atoms with Gasteiger partial charge in [-0.3, -0.25) is 0 Å². The number of amides is 1. The molecule has 1 atom stereocenters. The Morgan fingerprint density at radius 3 is 3.11 bits per heavy atom. The summed E-state index contributed by atoms with van der Waals surface area (Å²) in [5.74, 6) is -0.339. The Bertz CT molecular complexity index is 474. The van der Waals surface area contributed by atoms with Crippen LogP contribution in [-0.4, -0.2) is 46.7 Å². The van der Waals surface area contributed by atoms with E-state index in [1.165, 1.54) is 16.2 Å². The van der Waals surface area contributed by atoms with E-state index in [2.05, 4.69) is 4.98 Å². The first kappa shape index (κ1) is 13.8. The number of carbonyl (C=O) groups excluding carboxylic acids is 1. The largest absolute Gasteiger partial charge is 0.465 e. The zero-order chi connectivity index (χ0) is 13.8. The molecule has 0 saturated carbocycles. The topological polar surface area (TPSA) is 79.7 Å². The first-order valence-corrected chi connectivity index (χ1v) is 7.10. The van der Waals surface area contributed by atoms with E-state index in [1.54, 1.807) is 12.3 Å². The SMILES string of the molecule is CCOC(=O)c1csc(C2CCCN(C(=O)O)C2)n1. The van der Waals surface area contributed by atoms with E-state index in [0.29, 0.717) is 25.4 Å². The Kier molecular flexibility index (Phi) is 4.36. The lowest BCUT2D eigenvalue weighted by Gasteiger charge is -2.29. The van der Waals surface area contributed by atoms with Gasteiger partial charge in [0.15, 0.2) is 5.69 Å². The smallest absolute Gasteiger partial charge is 0.407 e. The van der Waals surface area contributed by atoms with E-state index in [9.17, 15) is 9.59 Å². The third-order valence-electron chi connectivity index (χ3n) is 3.05. The molecular formula is C12H16N2O4S. The van der Waals surface area contributed by atoms with Crippen LogP contribution in [0.1, 0.15) is 41.2 Å². The summed E-state index contributed by atoms with van der Waals surface area (Å²) in [7, 11) is 0. The van der Waals surface area contributed by atoms with E-state index in [0.717, 1.165) is 17.8 Å². The zero-order valence-electron chi connectivity index (χ0n) is 10.7. The molecule has 19 heavy (non-hydrogen) atoms. The van der Waals surface area contributed by atoms with Crippen molar-refractivity contribution in [2.45, 2.75) is 25.7 Å². The number of thiazole rings is 1. The highest BCUT2D eigenvalue weighted by Crippen LogP contribution is 2.29. The molecule has 0 bridgehead atoms. The molecule has 0 aromatic carbocycles. The molecule has 1 unspecified atom stereocenters. The molecule has 1 aliphatic rings. The second-order valence-corrected chi connectivity index (χ2v) is 5.25. The van der Waals surface area contributed by atoms with Gasteiger partial charge in [-0.15, -0.1) is 11.3 Å². The Morgan fingerprint density at radius 1 is 1.63 bits per heavy atom. The summed E-state index contributed by atoms with van der Waals surface area (Å²) < 4.78 is 4.89. The normalized spacial score (nSPS) is 19.2. The Hall–Kier alpha value is -1.63. The molecule has 1 N–H and O–H groups in total. The molecule has 1 amide bonds. The number of ether oxygens (including phenoxy) is 1. The van der Waals surface area contributed by atoms with Crippen molar-refractivity contribution in [3.63, 3.8) is 0 Å². The fourth-order valence-corrected chi connectivity index (χ4v) is 3.04. The number of aromatic nitrogens is 1. The second kappa shape index (κ2) is 6.01. The number of carbonyl (C=O) groups is 2. The summed E-state index contributed by atoms with van der Waals surface area (Å²) in [6.45, 7) is 3.09. The highest BCUT2D eigenvalue weighted by Gasteiger charge is 2.27. The number of likely N-dealkylation sites (tertiary alicyclic amines) is 1. The lowest BCUT2D eigenvalue weighted by molar-refractivity contribution is 0.0519. The summed E-state index contributed by atoms with van der Waals surface area (Å²) >= 11 is 1.39. The Balaban J connectivity index is 2.05. The number of hydrogen-bond acceptors (Lipinski definition) is 5. The summed E-state index contributed by atoms with van der Waals surface area (Å²) in [6, 6.07) is 0. The molecule has 1 aromatic heterocycles. The van der Waals surface area contributed by atoms with Crippen LogP contribution in [0.2, 0.25) is 0 Å². The third kappa shape index (κ3) is 3.23. The molecule has 0 aliphatic carbocycles. The highest BCUT2D eigenvalue weighted by molar-refractivity contribution is 7.09. The van der Waals surface area contributed by atoms with Gasteiger partial charge in [0, 0.05) is 24.4 Å². The summed E-state index contributed by atoms with van der Waals surface area (Å²) in [6.07, 6.45) is 0.831. The molecule has 1 fully saturated rings. The molecule has 2 rings (SSSR count). The van der Waals surface area contributed by atoms with Crippen molar-refractivity contribution < 1.29 is 19.4 Å². The summed E-state index contributed by atoms with van der Waals surface area (Å²) in [5, 5.41) is 11.5. The third-order valence-corrected chi connectivity index (χ3v) is 4.05. The van der Waals surface area contributed by atoms with Crippen molar-refractivity contribution >= 4 is 23.4 Å². The van der Waals surface area contributed by atoms with Crippen LogP contribution in [-0.2, 0) is 4.74 Å². The predicted molar refractivity (Wildman–Crippen MR) is 69.6 cm³/mol. The van der Waals surface area contributed by atoms with Gasteiger partial charge in [-0.25, -0.2) is 14.6 Å². The van der Waals surface area contributed by atoms with Gasteiger partial charge >= 0.3 is 12.1 Å². The van der Waals surface area contributed by atoms with E-state index >= 15 is 0 Å². The van der Waals surface area contributed by atoms with Gasteiger partial charge in [0.05, 0.1) is 11.6 Å².